The molecule has 0 aromatic heterocycles. The highest BCUT2D eigenvalue weighted by Crippen LogP contribution is 2.43. The number of amides is 7. The normalized spacial score (nSPS) is 20.4. The number of carbonyl (C=O) groups excluding carboxylic acids is 7. The lowest BCUT2D eigenvalue weighted by atomic mass is 9.81. The number of aliphatic imine (C=N–C) groups is 2. The van der Waals surface area contributed by atoms with E-state index in [0.717, 1.165) is 74.1 Å². The number of imide groups is 1. The molecule has 1 aliphatic carbocycles. The van der Waals surface area contributed by atoms with Crippen LogP contribution in [0.25, 0.3) is 11.1 Å². The molecule has 21 nitrogen and oxygen atoms in total. The Morgan fingerprint density at radius 1 is 0.633 bits per heavy atom. The first kappa shape index (κ1) is 62.7. The molecule has 4 atom stereocenters. The standard InChI is InChI=1S/C69H82N10O11/c1-44(73-64(81)41-72-63(80)16-11-8-12-25-77-65(82)36-54(67(77)84)47-14-9-6-5-7-10-15-47)66(83)74-50-21-17-45(18-22-50)48-32-52-39-70-57-37-61(59(87-3)34-55(57)68(85)78(52)42-48)89-30-13-31-90-62-38-58-56(35-60(62)88-4)69(86)79-43-49(33-53(79)40-71-58)46-19-23-51(24-20-46)76-28-26-75(2)27-29-76/h17-24,34-35,37-40,42-44,47,52-54H,5-16,25-33,36,41H2,1-4H3,(H,72,80)(H,73,81)(H,74,83)/t44-,52-,53?,54?/m0/s1. The lowest BCUT2D eigenvalue weighted by Gasteiger charge is -2.34. The van der Waals surface area contributed by atoms with E-state index in [4.69, 9.17) is 28.9 Å². The van der Waals surface area contributed by atoms with Gasteiger partial charge in [0.15, 0.2) is 23.0 Å². The van der Waals surface area contributed by atoms with Gasteiger partial charge in [0, 0.05) is 113 Å². The maximum Gasteiger partial charge on any atom is 0.260 e. The predicted octanol–water partition coefficient (Wildman–Crippen LogP) is 9.10. The zero-order valence-corrected chi connectivity index (χ0v) is 52.0. The molecule has 2 saturated heterocycles. The van der Waals surface area contributed by atoms with Crippen LogP contribution in [0.5, 0.6) is 23.0 Å². The highest BCUT2D eigenvalue weighted by Gasteiger charge is 2.42. The Balaban J connectivity index is 0.601. The van der Waals surface area contributed by atoms with Crippen molar-refractivity contribution in [3.8, 4) is 23.0 Å². The molecule has 3 N–H and O–H groups in total. The number of anilines is 2. The summed E-state index contributed by atoms with van der Waals surface area (Å²) in [5.74, 6) is -0.0252. The minimum Gasteiger partial charge on any atom is -0.493 e. The number of benzene rings is 4. The SMILES string of the molecule is COc1cc2c(cc1OCCCOc1cc3c(cc1OC)C(=O)N1C=C(c4ccc(NC(=O)[C@H](C)NC(=O)CNC(=O)CCCCCN5C(=O)CC(C6CCCCCCC6)C5=O)cc4)C[C@H]1C=N3)N=CC1CC(c3ccc(N4CCN(C)CC4)cc3)=CN1C2=O. The molecule has 0 radical (unpaired) electrons. The van der Waals surface area contributed by atoms with Gasteiger partial charge in [0.05, 0.1) is 74.5 Å². The fourth-order valence-electron chi connectivity index (χ4n) is 13.1. The zero-order chi connectivity index (χ0) is 62.8. The monoisotopic (exact) mass is 1230 g/mol. The molecule has 11 rings (SSSR count). The van der Waals surface area contributed by atoms with Gasteiger partial charge in [0.1, 0.15) is 6.04 Å². The number of ether oxygens (including phenoxy) is 4. The summed E-state index contributed by atoms with van der Waals surface area (Å²) in [7, 11) is 5.21. The van der Waals surface area contributed by atoms with Crippen LogP contribution in [0.2, 0.25) is 0 Å². The number of piperazine rings is 1. The van der Waals surface area contributed by atoms with Crippen molar-refractivity contribution in [3.05, 3.63) is 107 Å². The van der Waals surface area contributed by atoms with E-state index in [1.807, 2.05) is 30.7 Å². The van der Waals surface area contributed by atoms with Crippen LogP contribution in [0.15, 0.2) is 95.2 Å². The summed E-state index contributed by atoms with van der Waals surface area (Å²) in [6.07, 6.45) is 19.2. The van der Waals surface area contributed by atoms with Crippen molar-refractivity contribution < 1.29 is 52.5 Å². The Hall–Kier alpha value is -8.85. The number of hydrogen-bond acceptors (Lipinski definition) is 15. The summed E-state index contributed by atoms with van der Waals surface area (Å²) in [5.41, 5.74) is 7.36. The third-order valence-electron chi connectivity index (χ3n) is 18.4. The van der Waals surface area contributed by atoms with E-state index in [-0.39, 0.29) is 73.7 Å². The molecular weight excluding hydrogens is 1140 g/mol. The summed E-state index contributed by atoms with van der Waals surface area (Å²) in [5, 5.41) is 8.07. The van der Waals surface area contributed by atoms with E-state index in [0.29, 0.717) is 109 Å². The summed E-state index contributed by atoms with van der Waals surface area (Å²) in [6.45, 7) is 6.23. The summed E-state index contributed by atoms with van der Waals surface area (Å²) in [4.78, 5) is 112. The summed E-state index contributed by atoms with van der Waals surface area (Å²) >= 11 is 0. The average Bonchev–Trinajstić information content (AvgIpc) is 1.80. The first-order valence-electron chi connectivity index (χ1n) is 31.9. The van der Waals surface area contributed by atoms with E-state index < -0.39 is 17.9 Å². The fraction of sp³-hybridized carbons (Fsp3) is 0.464. The quantitative estimate of drug-likeness (QED) is 0.0465. The number of nitrogens with zero attached hydrogens (tertiary/aromatic N) is 7. The Kier molecular flexibility index (Phi) is 20.0. The zero-order valence-electron chi connectivity index (χ0n) is 52.0. The first-order chi connectivity index (χ1) is 43.7. The van der Waals surface area contributed by atoms with Gasteiger partial charge in [0.25, 0.3) is 11.8 Å². The second-order valence-electron chi connectivity index (χ2n) is 24.5. The Labute approximate surface area is 525 Å². The Morgan fingerprint density at radius 2 is 1.19 bits per heavy atom. The summed E-state index contributed by atoms with van der Waals surface area (Å²) < 4.78 is 23.8. The number of rotatable bonds is 23. The maximum atomic E-state index is 14.2. The molecule has 4 aromatic carbocycles. The molecule has 3 fully saturated rings. The number of nitrogens with one attached hydrogen (secondary N) is 3. The van der Waals surface area contributed by atoms with Gasteiger partial charge in [-0.25, -0.2) is 0 Å². The van der Waals surface area contributed by atoms with Crippen molar-refractivity contribution in [2.24, 2.45) is 21.8 Å². The number of unbranched alkanes of at least 4 members (excludes halogenated alkanes) is 2. The molecule has 0 bridgehead atoms. The van der Waals surface area contributed by atoms with Gasteiger partial charge in [-0.2, -0.15) is 0 Å². The van der Waals surface area contributed by atoms with E-state index in [1.165, 1.54) is 37.0 Å². The van der Waals surface area contributed by atoms with Gasteiger partial charge in [-0.3, -0.25) is 48.4 Å². The average molecular weight is 1230 g/mol. The third-order valence-corrected chi connectivity index (χ3v) is 18.4. The minimum absolute atomic E-state index is 0.0312. The first-order valence-corrected chi connectivity index (χ1v) is 31.9. The molecule has 7 amide bonds. The Bertz CT molecular complexity index is 3470. The van der Waals surface area contributed by atoms with Crippen molar-refractivity contribution in [2.75, 3.05) is 84.0 Å². The molecule has 4 aromatic rings. The van der Waals surface area contributed by atoms with Gasteiger partial charge in [-0.15, -0.1) is 0 Å². The lowest BCUT2D eigenvalue weighted by Crippen LogP contribution is -2.45. The van der Waals surface area contributed by atoms with Gasteiger partial charge < -0.3 is 54.5 Å². The number of hydrogen-bond donors (Lipinski definition) is 3. The van der Waals surface area contributed by atoms with Crippen molar-refractivity contribution in [2.45, 2.75) is 121 Å². The van der Waals surface area contributed by atoms with Crippen LogP contribution in [0.4, 0.5) is 22.7 Å². The van der Waals surface area contributed by atoms with Crippen LogP contribution in [0.1, 0.15) is 135 Å². The van der Waals surface area contributed by atoms with E-state index >= 15 is 0 Å². The largest absolute Gasteiger partial charge is 0.493 e. The highest BCUT2D eigenvalue weighted by molar-refractivity contribution is 6.07. The van der Waals surface area contributed by atoms with E-state index in [2.05, 4.69) is 57.1 Å². The molecule has 1 saturated carbocycles. The molecule has 6 heterocycles. The topological polar surface area (TPSA) is 233 Å². The van der Waals surface area contributed by atoms with Crippen LogP contribution in [0.3, 0.4) is 0 Å². The Morgan fingerprint density at radius 3 is 1.76 bits per heavy atom. The second-order valence-corrected chi connectivity index (χ2v) is 24.5. The second kappa shape index (κ2) is 28.8. The number of likely N-dealkylation sites (tertiary alicyclic amines) is 1. The van der Waals surface area contributed by atoms with Crippen molar-refractivity contribution in [1.29, 1.82) is 0 Å². The number of methoxy groups -OCH3 is 2. The van der Waals surface area contributed by atoms with Crippen LogP contribution in [-0.4, -0.2) is 165 Å². The molecule has 474 valence electrons. The molecule has 21 heteroatoms. The smallest absolute Gasteiger partial charge is 0.260 e. The molecule has 6 aliphatic heterocycles. The van der Waals surface area contributed by atoms with Crippen LogP contribution >= 0.6 is 0 Å². The molecule has 7 aliphatic rings. The van der Waals surface area contributed by atoms with Gasteiger partial charge in [-0.1, -0.05) is 62.8 Å². The number of fused-ring (bicyclic) bond motifs is 4. The lowest BCUT2D eigenvalue weighted by molar-refractivity contribution is -0.140. The number of likely N-dealkylation sites (N-methyl/N-ethyl adjacent to an activating group) is 1. The molecule has 0 spiro atoms. The number of carbonyl (C=O) groups is 7. The molecular formula is C69H82N10O11. The van der Waals surface area contributed by atoms with Crippen molar-refractivity contribution >= 4 is 87.7 Å². The van der Waals surface area contributed by atoms with Gasteiger partial charge >= 0.3 is 0 Å². The highest BCUT2D eigenvalue weighted by atomic mass is 16.5. The minimum atomic E-state index is -0.897. The van der Waals surface area contributed by atoms with Crippen LogP contribution < -0.4 is 39.8 Å². The van der Waals surface area contributed by atoms with E-state index in [9.17, 15) is 33.6 Å². The predicted molar refractivity (Wildman–Crippen MR) is 344 cm³/mol. The van der Waals surface area contributed by atoms with Crippen LogP contribution in [0, 0.1) is 11.8 Å². The van der Waals surface area contributed by atoms with Crippen molar-refractivity contribution in [1.82, 2.24) is 30.2 Å². The van der Waals surface area contributed by atoms with Crippen LogP contribution in [-0.2, 0) is 24.0 Å². The molecule has 90 heavy (non-hydrogen) atoms. The molecule has 2 unspecified atom stereocenters. The maximum absolute atomic E-state index is 14.2. The third kappa shape index (κ3) is 14.6. The van der Waals surface area contributed by atoms with Gasteiger partial charge in [-0.05, 0) is 104 Å². The fourth-order valence-corrected chi connectivity index (χ4v) is 13.1. The van der Waals surface area contributed by atoms with Crippen molar-refractivity contribution in [3.63, 3.8) is 0 Å². The summed E-state index contributed by atoms with van der Waals surface area (Å²) in [6, 6.07) is 21.1. The van der Waals surface area contributed by atoms with Gasteiger partial charge in [0.2, 0.25) is 29.5 Å². The van der Waals surface area contributed by atoms with E-state index in [1.54, 1.807) is 66.4 Å².